The van der Waals surface area contributed by atoms with Crippen LogP contribution in [-0.4, -0.2) is 21.0 Å². The molecule has 0 aliphatic rings. The van der Waals surface area contributed by atoms with Crippen LogP contribution in [0.2, 0.25) is 0 Å². The van der Waals surface area contributed by atoms with E-state index in [9.17, 15) is 4.79 Å². The lowest BCUT2D eigenvalue weighted by Gasteiger charge is -2.07. The summed E-state index contributed by atoms with van der Waals surface area (Å²) in [6, 6.07) is 8.85. The van der Waals surface area contributed by atoms with Crippen LogP contribution in [0.1, 0.15) is 33.1 Å². The highest BCUT2D eigenvalue weighted by molar-refractivity contribution is 5.87. The smallest absolute Gasteiger partial charge is 0.335 e. The van der Waals surface area contributed by atoms with Crippen LogP contribution in [0, 0.1) is 13.8 Å². The maximum atomic E-state index is 10.9. The monoisotopic (exact) mass is 271 g/mol. The first-order valence-electron chi connectivity index (χ1n) is 6.39. The molecule has 0 saturated carbocycles. The van der Waals surface area contributed by atoms with Gasteiger partial charge in [-0.3, -0.25) is 0 Å². The fraction of sp³-hybridized carbons (Fsp3) is 0.267. The fourth-order valence-electron chi connectivity index (χ4n) is 2.03. The lowest BCUT2D eigenvalue weighted by atomic mass is 10.1. The number of nitrogens with zero attached hydrogens (tertiary/aromatic N) is 2. The van der Waals surface area contributed by atoms with Gasteiger partial charge in [0.25, 0.3) is 0 Å². The average molecular weight is 271 g/mol. The van der Waals surface area contributed by atoms with E-state index in [2.05, 4.69) is 15.3 Å². The van der Waals surface area contributed by atoms with E-state index in [0.717, 1.165) is 22.8 Å². The zero-order valence-corrected chi connectivity index (χ0v) is 11.6. The second-order valence-electron chi connectivity index (χ2n) is 4.66. The van der Waals surface area contributed by atoms with Gasteiger partial charge in [0, 0.05) is 18.8 Å². The van der Waals surface area contributed by atoms with E-state index >= 15 is 0 Å². The Kier molecular flexibility index (Phi) is 4.42. The Hall–Kier alpha value is -2.27. The highest BCUT2D eigenvalue weighted by Crippen LogP contribution is 2.06. The zero-order valence-electron chi connectivity index (χ0n) is 11.6. The van der Waals surface area contributed by atoms with E-state index in [1.54, 1.807) is 18.2 Å². The number of aromatic nitrogens is 2. The molecule has 104 valence electrons. The summed E-state index contributed by atoms with van der Waals surface area (Å²) in [6.45, 7) is 5.03. The van der Waals surface area contributed by atoms with Gasteiger partial charge in [-0.15, -0.1) is 0 Å². The number of hydrogen-bond donors (Lipinski definition) is 2. The molecule has 2 aromatic rings. The Bertz CT molecular complexity index is 606. The van der Waals surface area contributed by atoms with E-state index in [0.29, 0.717) is 18.7 Å². The van der Waals surface area contributed by atoms with Gasteiger partial charge in [-0.25, -0.2) is 14.8 Å². The van der Waals surface area contributed by atoms with Crippen LogP contribution in [0.25, 0.3) is 0 Å². The molecule has 20 heavy (non-hydrogen) atoms. The summed E-state index contributed by atoms with van der Waals surface area (Å²) in [5, 5.41) is 12.2. The standard InChI is InChI=1S/C15H17N3O2/c1-10-6-14(18-11(2)17-10)9-16-8-12-4-3-5-13(7-12)15(19)20/h3-7,16H,8-9H2,1-2H3,(H,19,20). The number of carboxylic acid groups (broad SMARTS) is 1. The van der Waals surface area contributed by atoms with Gasteiger partial charge in [-0.05, 0) is 37.6 Å². The third kappa shape index (κ3) is 3.86. The minimum absolute atomic E-state index is 0.304. The van der Waals surface area contributed by atoms with Crippen molar-refractivity contribution in [1.82, 2.24) is 15.3 Å². The number of hydrogen-bond acceptors (Lipinski definition) is 4. The second-order valence-corrected chi connectivity index (χ2v) is 4.66. The molecule has 2 rings (SSSR count). The molecule has 1 aromatic carbocycles. The molecule has 0 radical (unpaired) electrons. The number of carboxylic acids is 1. The van der Waals surface area contributed by atoms with Crippen LogP contribution in [0.3, 0.4) is 0 Å². The largest absolute Gasteiger partial charge is 0.478 e. The number of benzene rings is 1. The van der Waals surface area contributed by atoms with Crippen LogP contribution in [0.5, 0.6) is 0 Å². The van der Waals surface area contributed by atoms with Crippen molar-refractivity contribution in [2.75, 3.05) is 0 Å². The lowest BCUT2D eigenvalue weighted by Crippen LogP contribution is -2.15. The van der Waals surface area contributed by atoms with Crippen LogP contribution >= 0.6 is 0 Å². The normalized spacial score (nSPS) is 10.5. The first kappa shape index (κ1) is 14.1. The number of rotatable bonds is 5. The number of aromatic carboxylic acids is 1. The van der Waals surface area contributed by atoms with Crippen LogP contribution in [0.15, 0.2) is 30.3 Å². The van der Waals surface area contributed by atoms with Gasteiger partial charge in [0.2, 0.25) is 0 Å². The van der Waals surface area contributed by atoms with Crippen LogP contribution in [0.4, 0.5) is 0 Å². The molecule has 0 atom stereocenters. The molecule has 0 aliphatic carbocycles. The maximum absolute atomic E-state index is 10.9. The Morgan fingerprint density at radius 1 is 1.20 bits per heavy atom. The highest BCUT2D eigenvalue weighted by Gasteiger charge is 2.03. The molecular formula is C15H17N3O2. The van der Waals surface area contributed by atoms with Crippen LogP contribution in [-0.2, 0) is 13.1 Å². The van der Waals surface area contributed by atoms with Crippen molar-refractivity contribution in [2.45, 2.75) is 26.9 Å². The van der Waals surface area contributed by atoms with E-state index in [1.807, 2.05) is 26.0 Å². The Morgan fingerprint density at radius 2 is 2.00 bits per heavy atom. The molecule has 0 saturated heterocycles. The quantitative estimate of drug-likeness (QED) is 0.870. The van der Waals surface area contributed by atoms with Crippen molar-refractivity contribution in [2.24, 2.45) is 0 Å². The summed E-state index contributed by atoms with van der Waals surface area (Å²) < 4.78 is 0. The van der Waals surface area contributed by atoms with E-state index in [-0.39, 0.29) is 0 Å². The van der Waals surface area contributed by atoms with Crippen molar-refractivity contribution < 1.29 is 9.90 Å². The molecule has 1 aromatic heterocycles. The number of carbonyl (C=O) groups is 1. The van der Waals surface area contributed by atoms with Crippen molar-refractivity contribution in [3.63, 3.8) is 0 Å². The predicted molar refractivity (Wildman–Crippen MR) is 75.5 cm³/mol. The van der Waals surface area contributed by atoms with Gasteiger partial charge in [0.15, 0.2) is 0 Å². The minimum Gasteiger partial charge on any atom is -0.478 e. The summed E-state index contributed by atoms with van der Waals surface area (Å²) in [5.41, 5.74) is 3.12. The van der Waals surface area contributed by atoms with Crippen molar-refractivity contribution >= 4 is 5.97 Å². The lowest BCUT2D eigenvalue weighted by molar-refractivity contribution is 0.0696. The molecule has 0 spiro atoms. The SMILES string of the molecule is Cc1cc(CNCc2cccc(C(=O)O)c2)nc(C)n1. The highest BCUT2D eigenvalue weighted by atomic mass is 16.4. The van der Waals surface area contributed by atoms with Crippen molar-refractivity contribution in [3.8, 4) is 0 Å². The summed E-state index contributed by atoms with van der Waals surface area (Å²) in [6.07, 6.45) is 0. The third-order valence-electron chi connectivity index (χ3n) is 2.83. The fourth-order valence-corrected chi connectivity index (χ4v) is 2.03. The molecule has 2 N–H and O–H groups in total. The van der Waals surface area contributed by atoms with Gasteiger partial charge in [0.05, 0.1) is 11.3 Å². The molecule has 5 nitrogen and oxygen atoms in total. The first-order valence-corrected chi connectivity index (χ1v) is 6.39. The molecule has 5 heteroatoms. The van der Waals surface area contributed by atoms with Gasteiger partial charge >= 0.3 is 5.97 Å². The summed E-state index contributed by atoms with van der Waals surface area (Å²) in [7, 11) is 0. The zero-order chi connectivity index (χ0) is 14.5. The summed E-state index contributed by atoms with van der Waals surface area (Å²) >= 11 is 0. The first-order chi connectivity index (χ1) is 9.54. The van der Waals surface area contributed by atoms with Gasteiger partial charge in [-0.1, -0.05) is 12.1 Å². The molecule has 0 unspecified atom stereocenters. The molecule has 0 fully saturated rings. The number of nitrogens with one attached hydrogen (secondary N) is 1. The van der Waals surface area contributed by atoms with Gasteiger partial charge in [-0.2, -0.15) is 0 Å². The average Bonchev–Trinajstić information content (AvgIpc) is 2.38. The molecule has 1 heterocycles. The minimum atomic E-state index is -0.908. The van der Waals surface area contributed by atoms with E-state index < -0.39 is 5.97 Å². The summed E-state index contributed by atoms with van der Waals surface area (Å²) in [4.78, 5) is 19.5. The maximum Gasteiger partial charge on any atom is 0.335 e. The summed E-state index contributed by atoms with van der Waals surface area (Å²) in [5.74, 6) is -0.149. The van der Waals surface area contributed by atoms with Gasteiger partial charge < -0.3 is 10.4 Å². The van der Waals surface area contributed by atoms with Crippen molar-refractivity contribution in [3.05, 3.63) is 58.7 Å². The van der Waals surface area contributed by atoms with Crippen LogP contribution < -0.4 is 5.32 Å². The Balaban J connectivity index is 1.95. The number of aryl methyl sites for hydroxylation is 2. The van der Waals surface area contributed by atoms with E-state index in [1.165, 1.54) is 0 Å². The molecule has 0 aliphatic heterocycles. The molecule has 0 bridgehead atoms. The Morgan fingerprint density at radius 3 is 2.70 bits per heavy atom. The third-order valence-corrected chi connectivity index (χ3v) is 2.83. The predicted octanol–water partition coefficient (Wildman–Crippen LogP) is 2.08. The van der Waals surface area contributed by atoms with E-state index in [4.69, 9.17) is 5.11 Å². The Labute approximate surface area is 117 Å². The van der Waals surface area contributed by atoms with Gasteiger partial charge in [0.1, 0.15) is 5.82 Å². The molecular weight excluding hydrogens is 254 g/mol. The topological polar surface area (TPSA) is 75.1 Å². The second kappa shape index (κ2) is 6.25. The molecule has 0 amide bonds. The van der Waals surface area contributed by atoms with Crippen molar-refractivity contribution in [1.29, 1.82) is 0 Å².